The van der Waals surface area contributed by atoms with Gasteiger partial charge >= 0.3 is 0 Å². The second kappa shape index (κ2) is 4.22. The number of nitrogens with one attached hydrogen (secondary N) is 1. The van der Waals surface area contributed by atoms with Crippen LogP contribution >= 0.6 is 0 Å². The zero-order valence-corrected chi connectivity index (χ0v) is 11.9. The average Bonchev–Trinajstić information content (AvgIpc) is 2.96. The number of fused-ring (bicyclic) bond motifs is 1. The smallest absolute Gasteiger partial charge is 0.271 e. The van der Waals surface area contributed by atoms with Gasteiger partial charge in [0.05, 0.1) is 0 Å². The van der Waals surface area contributed by atoms with E-state index in [0.717, 1.165) is 17.0 Å². The van der Waals surface area contributed by atoms with Crippen molar-refractivity contribution in [1.29, 1.82) is 0 Å². The first-order chi connectivity index (χ1) is 8.95. The first-order valence-corrected chi connectivity index (χ1v) is 7.08. The standard InChI is InChI=1S/C15H21N3O/c1-15(2,3)14-16-12-8-11(10-6-4-5-7-10)9-13(19)18(12)17-14/h8-10H,4-7H2,1-3H3,(H,16,17). The molecule has 1 saturated carbocycles. The number of aromatic amines is 1. The van der Waals surface area contributed by atoms with Gasteiger partial charge in [0.2, 0.25) is 0 Å². The maximum atomic E-state index is 12.2. The molecule has 1 aliphatic rings. The molecule has 0 radical (unpaired) electrons. The van der Waals surface area contributed by atoms with Gasteiger partial charge in [0.25, 0.3) is 5.56 Å². The number of aromatic nitrogens is 3. The van der Waals surface area contributed by atoms with E-state index in [-0.39, 0.29) is 11.0 Å². The molecule has 0 amide bonds. The molecule has 0 atom stereocenters. The van der Waals surface area contributed by atoms with Gasteiger partial charge in [-0.1, -0.05) is 33.6 Å². The third kappa shape index (κ3) is 2.20. The van der Waals surface area contributed by atoms with E-state index in [1.54, 1.807) is 10.6 Å². The Balaban J connectivity index is 2.12. The summed E-state index contributed by atoms with van der Waals surface area (Å²) in [6.45, 7) is 6.27. The lowest BCUT2D eigenvalue weighted by atomic mass is 9.96. The highest BCUT2D eigenvalue weighted by Gasteiger charge is 2.21. The van der Waals surface area contributed by atoms with Crippen molar-refractivity contribution >= 4 is 5.65 Å². The second-order valence-electron chi connectivity index (χ2n) is 6.62. The lowest BCUT2D eigenvalue weighted by Gasteiger charge is -2.12. The van der Waals surface area contributed by atoms with Gasteiger partial charge in [-0.15, -0.1) is 0 Å². The van der Waals surface area contributed by atoms with Gasteiger partial charge in [-0.2, -0.15) is 0 Å². The summed E-state index contributed by atoms with van der Waals surface area (Å²) < 4.78 is 1.55. The van der Waals surface area contributed by atoms with Crippen molar-refractivity contribution in [2.24, 2.45) is 0 Å². The fourth-order valence-electron chi connectivity index (χ4n) is 2.85. The molecule has 4 heteroatoms. The summed E-state index contributed by atoms with van der Waals surface area (Å²) in [5.41, 5.74) is 1.84. The summed E-state index contributed by atoms with van der Waals surface area (Å²) in [4.78, 5) is 16.8. The zero-order chi connectivity index (χ0) is 13.6. The third-order valence-corrected chi connectivity index (χ3v) is 4.02. The molecule has 4 nitrogen and oxygen atoms in total. The largest absolute Gasteiger partial charge is 0.276 e. The molecule has 2 heterocycles. The van der Waals surface area contributed by atoms with E-state index < -0.39 is 0 Å². The van der Waals surface area contributed by atoms with Crippen LogP contribution in [0.5, 0.6) is 0 Å². The van der Waals surface area contributed by atoms with E-state index in [0.29, 0.717) is 5.92 Å². The molecule has 1 aliphatic carbocycles. The van der Waals surface area contributed by atoms with Crippen LogP contribution in [0.25, 0.3) is 5.65 Å². The van der Waals surface area contributed by atoms with Crippen molar-refractivity contribution in [1.82, 2.24) is 14.6 Å². The average molecular weight is 259 g/mol. The maximum absolute atomic E-state index is 12.2. The number of pyridine rings is 1. The van der Waals surface area contributed by atoms with Crippen LogP contribution in [0.1, 0.15) is 63.8 Å². The molecule has 1 N–H and O–H groups in total. The van der Waals surface area contributed by atoms with Crippen LogP contribution in [-0.2, 0) is 5.41 Å². The summed E-state index contributed by atoms with van der Waals surface area (Å²) in [6.07, 6.45) is 4.95. The molecule has 3 rings (SSSR count). The van der Waals surface area contributed by atoms with Crippen LogP contribution in [0.15, 0.2) is 16.9 Å². The van der Waals surface area contributed by atoms with Gasteiger partial charge < -0.3 is 0 Å². The predicted octanol–water partition coefficient (Wildman–Crippen LogP) is 2.98. The molecule has 0 aromatic carbocycles. The summed E-state index contributed by atoms with van der Waals surface area (Å²) in [5, 5.41) is 3.11. The van der Waals surface area contributed by atoms with Crippen LogP contribution < -0.4 is 5.56 Å². The Morgan fingerprint density at radius 1 is 1.26 bits per heavy atom. The fourth-order valence-corrected chi connectivity index (χ4v) is 2.85. The van der Waals surface area contributed by atoms with Gasteiger partial charge in [0.15, 0.2) is 5.65 Å². The highest BCUT2D eigenvalue weighted by Crippen LogP contribution is 2.33. The lowest BCUT2D eigenvalue weighted by Crippen LogP contribution is -2.17. The molecule has 2 aromatic heterocycles. The van der Waals surface area contributed by atoms with Crippen molar-refractivity contribution in [2.75, 3.05) is 0 Å². The van der Waals surface area contributed by atoms with Crippen LogP contribution in [-0.4, -0.2) is 14.6 Å². The maximum Gasteiger partial charge on any atom is 0.271 e. The second-order valence-corrected chi connectivity index (χ2v) is 6.62. The highest BCUT2D eigenvalue weighted by atomic mass is 16.1. The molecule has 0 aliphatic heterocycles. The summed E-state index contributed by atoms with van der Waals surface area (Å²) in [7, 11) is 0. The topological polar surface area (TPSA) is 50.2 Å². The minimum Gasteiger partial charge on any atom is -0.276 e. The molecule has 102 valence electrons. The Hall–Kier alpha value is -1.58. The zero-order valence-electron chi connectivity index (χ0n) is 11.9. The highest BCUT2D eigenvalue weighted by molar-refractivity contribution is 5.42. The van der Waals surface area contributed by atoms with Crippen molar-refractivity contribution in [3.63, 3.8) is 0 Å². The molecule has 0 spiro atoms. The van der Waals surface area contributed by atoms with E-state index >= 15 is 0 Å². The number of rotatable bonds is 1. The first kappa shape index (κ1) is 12.5. The number of hydrogen-bond acceptors (Lipinski definition) is 2. The third-order valence-electron chi connectivity index (χ3n) is 4.02. The van der Waals surface area contributed by atoms with Crippen LogP contribution in [0.2, 0.25) is 0 Å². The number of nitrogens with zero attached hydrogens (tertiary/aromatic N) is 2. The summed E-state index contributed by atoms with van der Waals surface area (Å²) >= 11 is 0. The fraction of sp³-hybridized carbons (Fsp3) is 0.600. The van der Waals surface area contributed by atoms with Gasteiger partial charge in [-0.3, -0.25) is 9.89 Å². The van der Waals surface area contributed by atoms with Crippen molar-refractivity contribution in [3.8, 4) is 0 Å². The van der Waals surface area contributed by atoms with Gasteiger partial charge in [0, 0.05) is 11.5 Å². The van der Waals surface area contributed by atoms with E-state index in [9.17, 15) is 4.79 Å². The SMILES string of the molecule is CC(C)(C)c1nc2cc(C3CCCC3)cc(=O)n2[nH]1. The predicted molar refractivity (Wildman–Crippen MR) is 75.7 cm³/mol. The van der Waals surface area contributed by atoms with Gasteiger partial charge in [-0.05, 0) is 30.4 Å². The molecule has 19 heavy (non-hydrogen) atoms. The van der Waals surface area contributed by atoms with Crippen molar-refractivity contribution in [2.45, 2.75) is 57.8 Å². The van der Waals surface area contributed by atoms with Gasteiger partial charge in [0.1, 0.15) is 5.82 Å². The molecular weight excluding hydrogens is 238 g/mol. The van der Waals surface area contributed by atoms with Crippen molar-refractivity contribution < 1.29 is 0 Å². The Bertz CT molecular complexity index is 654. The van der Waals surface area contributed by atoms with Crippen molar-refractivity contribution in [3.05, 3.63) is 33.9 Å². The number of H-pyrrole nitrogens is 1. The Morgan fingerprint density at radius 3 is 2.58 bits per heavy atom. The first-order valence-electron chi connectivity index (χ1n) is 7.08. The molecule has 2 aromatic rings. The molecule has 1 fully saturated rings. The molecule has 0 saturated heterocycles. The monoisotopic (exact) mass is 259 g/mol. The normalized spacial score (nSPS) is 17.4. The molecule has 0 unspecified atom stereocenters. The minimum atomic E-state index is -0.0774. The van der Waals surface area contributed by atoms with Crippen LogP contribution in [0.3, 0.4) is 0 Å². The Morgan fingerprint density at radius 2 is 1.95 bits per heavy atom. The van der Waals surface area contributed by atoms with E-state index in [4.69, 9.17) is 0 Å². The summed E-state index contributed by atoms with van der Waals surface area (Å²) in [5.74, 6) is 1.40. The summed E-state index contributed by atoms with van der Waals surface area (Å²) in [6, 6.07) is 3.84. The Kier molecular flexibility index (Phi) is 2.77. The van der Waals surface area contributed by atoms with Gasteiger partial charge in [-0.25, -0.2) is 9.50 Å². The van der Waals surface area contributed by atoms with E-state index in [1.165, 1.54) is 25.7 Å². The van der Waals surface area contributed by atoms with Crippen LogP contribution in [0.4, 0.5) is 0 Å². The Labute approximate surface area is 112 Å². The van der Waals surface area contributed by atoms with E-state index in [2.05, 4.69) is 36.9 Å². The van der Waals surface area contributed by atoms with E-state index in [1.807, 2.05) is 0 Å². The molecule has 0 bridgehead atoms. The quantitative estimate of drug-likeness (QED) is 0.856. The minimum absolute atomic E-state index is 0.00222. The lowest BCUT2D eigenvalue weighted by molar-refractivity contribution is 0.544. The molecular formula is C15H21N3O. The number of hydrogen-bond donors (Lipinski definition) is 1. The van der Waals surface area contributed by atoms with Crippen LogP contribution in [0, 0.1) is 0 Å².